The van der Waals surface area contributed by atoms with E-state index in [2.05, 4.69) is 5.16 Å². The molecule has 0 bridgehead atoms. The summed E-state index contributed by atoms with van der Waals surface area (Å²) in [5.74, 6) is 0.836. The predicted molar refractivity (Wildman–Crippen MR) is 60.7 cm³/mol. The molecule has 0 aliphatic rings. The fourth-order valence-corrected chi connectivity index (χ4v) is 1.79. The molecule has 2 rings (SSSR count). The van der Waals surface area contributed by atoms with E-state index >= 15 is 0 Å². The van der Waals surface area contributed by atoms with Crippen LogP contribution in [0.5, 0.6) is 5.75 Å². The summed E-state index contributed by atoms with van der Waals surface area (Å²) < 4.78 is 15.3. The number of fused-ring (bicyclic) bond motifs is 1. The first kappa shape index (κ1) is 11.0. The van der Waals surface area contributed by atoms with Crippen LogP contribution in [-0.4, -0.2) is 19.4 Å². The van der Waals surface area contributed by atoms with E-state index in [1.807, 2.05) is 0 Å². The molecule has 5 nitrogen and oxygen atoms in total. The predicted octanol–water partition coefficient (Wildman–Crippen LogP) is 2.22. The van der Waals surface area contributed by atoms with Crippen molar-refractivity contribution in [2.45, 2.75) is 6.61 Å². The molecule has 1 aromatic heterocycles. The molecular formula is C10H11ClN2O3. The van der Waals surface area contributed by atoms with E-state index in [0.29, 0.717) is 28.3 Å². The van der Waals surface area contributed by atoms with Gasteiger partial charge < -0.3 is 19.7 Å². The monoisotopic (exact) mass is 242 g/mol. The van der Waals surface area contributed by atoms with Crippen molar-refractivity contribution in [1.29, 1.82) is 0 Å². The van der Waals surface area contributed by atoms with Crippen molar-refractivity contribution in [1.82, 2.24) is 5.16 Å². The second-order valence-corrected chi connectivity index (χ2v) is 3.63. The minimum Gasteiger partial charge on any atom is -0.496 e. The van der Waals surface area contributed by atoms with Crippen LogP contribution < -0.4 is 10.5 Å². The van der Waals surface area contributed by atoms with E-state index in [4.69, 9.17) is 31.3 Å². The highest BCUT2D eigenvalue weighted by Gasteiger charge is 2.18. The lowest BCUT2D eigenvalue weighted by molar-refractivity contribution is 0.184. The van der Waals surface area contributed by atoms with E-state index in [1.54, 1.807) is 20.3 Å². The normalized spacial score (nSPS) is 10.9. The Balaban J connectivity index is 2.74. The molecule has 0 amide bonds. The molecular weight excluding hydrogens is 232 g/mol. The number of hydrogen-bond acceptors (Lipinski definition) is 5. The fraction of sp³-hybridized carbons (Fsp3) is 0.300. The molecule has 0 radical (unpaired) electrons. The third kappa shape index (κ3) is 1.58. The standard InChI is InChI=1S/C10H11ClN2O3/c1-14-4-5-3-6(15-2)7-9(8(5)11)16-13-10(7)12/h3H,4H2,1-2H3,(H2,12,13). The number of ether oxygens (including phenoxy) is 2. The molecule has 0 aliphatic heterocycles. The topological polar surface area (TPSA) is 70.5 Å². The average molecular weight is 243 g/mol. The first-order valence-electron chi connectivity index (χ1n) is 4.58. The number of benzene rings is 1. The van der Waals surface area contributed by atoms with Gasteiger partial charge in [0, 0.05) is 12.7 Å². The molecule has 2 N–H and O–H groups in total. The first-order valence-corrected chi connectivity index (χ1v) is 4.96. The molecule has 86 valence electrons. The Kier molecular flexibility index (Phi) is 2.89. The zero-order valence-corrected chi connectivity index (χ0v) is 9.67. The van der Waals surface area contributed by atoms with Gasteiger partial charge in [0.05, 0.1) is 18.7 Å². The minimum absolute atomic E-state index is 0.262. The van der Waals surface area contributed by atoms with Gasteiger partial charge in [0.15, 0.2) is 11.4 Å². The molecule has 0 aliphatic carbocycles. The molecule has 0 saturated heterocycles. The molecule has 0 saturated carbocycles. The van der Waals surface area contributed by atoms with E-state index < -0.39 is 0 Å². The Morgan fingerprint density at radius 1 is 1.50 bits per heavy atom. The fourth-order valence-electron chi connectivity index (χ4n) is 1.55. The van der Waals surface area contributed by atoms with Crippen molar-refractivity contribution in [2.24, 2.45) is 0 Å². The number of hydrogen-bond donors (Lipinski definition) is 1. The zero-order valence-electron chi connectivity index (χ0n) is 8.91. The Bertz CT molecular complexity index is 524. The Hall–Kier alpha value is -1.46. The van der Waals surface area contributed by atoms with Crippen molar-refractivity contribution in [2.75, 3.05) is 20.0 Å². The lowest BCUT2D eigenvalue weighted by Gasteiger charge is -2.07. The molecule has 0 atom stereocenters. The van der Waals surface area contributed by atoms with Crippen LogP contribution in [0.1, 0.15) is 5.56 Å². The van der Waals surface area contributed by atoms with Crippen molar-refractivity contribution in [3.8, 4) is 5.75 Å². The van der Waals surface area contributed by atoms with Gasteiger partial charge in [-0.05, 0) is 6.07 Å². The van der Waals surface area contributed by atoms with Gasteiger partial charge in [-0.2, -0.15) is 0 Å². The second kappa shape index (κ2) is 4.19. The van der Waals surface area contributed by atoms with E-state index in [0.717, 1.165) is 5.56 Å². The Labute approximate surface area is 97.0 Å². The largest absolute Gasteiger partial charge is 0.496 e. The summed E-state index contributed by atoms with van der Waals surface area (Å²) in [5, 5.41) is 4.70. The van der Waals surface area contributed by atoms with Crippen LogP contribution in [0.25, 0.3) is 11.0 Å². The van der Waals surface area contributed by atoms with Crippen LogP contribution in [0, 0.1) is 0 Å². The zero-order chi connectivity index (χ0) is 11.7. The van der Waals surface area contributed by atoms with Crippen LogP contribution >= 0.6 is 11.6 Å². The summed E-state index contributed by atoms with van der Waals surface area (Å²) in [4.78, 5) is 0. The number of halogens is 1. The van der Waals surface area contributed by atoms with Gasteiger partial charge in [-0.1, -0.05) is 16.8 Å². The van der Waals surface area contributed by atoms with Gasteiger partial charge in [-0.3, -0.25) is 0 Å². The van der Waals surface area contributed by atoms with Gasteiger partial charge in [-0.15, -0.1) is 0 Å². The molecule has 16 heavy (non-hydrogen) atoms. The van der Waals surface area contributed by atoms with Crippen molar-refractivity contribution >= 4 is 28.4 Å². The number of methoxy groups -OCH3 is 2. The highest BCUT2D eigenvalue weighted by molar-refractivity contribution is 6.36. The van der Waals surface area contributed by atoms with Gasteiger partial charge in [0.25, 0.3) is 0 Å². The second-order valence-electron chi connectivity index (χ2n) is 3.26. The van der Waals surface area contributed by atoms with Crippen LogP contribution in [0.2, 0.25) is 5.02 Å². The average Bonchev–Trinajstić information content (AvgIpc) is 2.66. The van der Waals surface area contributed by atoms with E-state index in [-0.39, 0.29) is 5.82 Å². The van der Waals surface area contributed by atoms with Gasteiger partial charge >= 0.3 is 0 Å². The van der Waals surface area contributed by atoms with Gasteiger partial charge in [0.2, 0.25) is 0 Å². The molecule has 0 spiro atoms. The highest BCUT2D eigenvalue weighted by atomic mass is 35.5. The Morgan fingerprint density at radius 3 is 2.88 bits per heavy atom. The number of anilines is 1. The SMILES string of the molecule is COCc1cc(OC)c2c(N)noc2c1Cl. The van der Waals surface area contributed by atoms with Crippen molar-refractivity contribution in [3.63, 3.8) is 0 Å². The molecule has 1 aromatic carbocycles. The summed E-state index contributed by atoms with van der Waals surface area (Å²) in [6.07, 6.45) is 0. The number of nitrogens with zero attached hydrogens (tertiary/aromatic N) is 1. The maximum atomic E-state index is 6.14. The maximum Gasteiger partial charge on any atom is 0.191 e. The summed E-state index contributed by atoms with van der Waals surface area (Å²) in [5.41, 5.74) is 6.86. The summed E-state index contributed by atoms with van der Waals surface area (Å²) in [6, 6.07) is 1.77. The summed E-state index contributed by atoms with van der Waals surface area (Å²) in [7, 11) is 3.13. The molecule has 2 aromatic rings. The minimum atomic E-state index is 0.262. The number of aromatic nitrogens is 1. The quantitative estimate of drug-likeness (QED) is 0.894. The van der Waals surface area contributed by atoms with Gasteiger partial charge in [0.1, 0.15) is 11.1 Å². The molecule has 0 unspecified atom stereocenters. The van der Waals surface area contributed by atoms with E-state index in [9.17, 15) is 0 Å². The molecule has 0 fully saturated rings. The number of rotatable bonds is 3. The van der Waals surface area contributed by atoms with Crippen molar-refractivity contribution < 1.29 is 14.0 Å². The maximum absolute atomic E-state index is 6.14. The lowest BCUT2D eigenvalue weighted by atomic mass is 10.1. The smallest absolute Gasteiger partial charge is 0.191 e. The highest BCUT2D eigenvalue weighted by Crippen LogP contribution is 2.38. The van der Waals surface area contributed by atoms with Crippen LogP contribution in [-0.2, 0) is 11.3 Å². The lowest BCUT2D eigenvalue weighted by Crippen LogP contribution is -1.94. The molecule has 1 heterocycles. The summed E-state index contributed by atoms with van der Waals surface area (Å²) >= 11 is 6.14. The summed E-state index contributed by atoms with van der Waals surface area (Å²) in [6.45, 7) is 0.367. The van der Waals surface area contributed by atoms with Crippen LogP contribution in [0.4, 0.5) is 5.82 Å². The van der Waals surface area contributed by atoms with Crippen LogP contribution in [0.3, 0.4) is 0 Å². The number of nitrogens with two attached hydrogens (primary N) is 1. The molecule has 6 heteroatoms. The first-order chi connectivity index (χ1) is 7.69. The van der Waals surface area contributed by atoms with Gasteiger partial charge in [-0.25, -0.2) is 0 Å². The van der Waals surface area contributed by atoms with E-state index in [1.165, 1.54) is 0 Å². The Morgan fingerprint density at radius 2 is 2.25 bits per heavy atom. The number of nitrogen functional groups attached to an aromatic ring is 1. The van der Waals surface area contributed by atoms with Crippen molar-refractivity contribution in [3.05, 3.63) is 16.7 Å². The third-order valence-electron chi connectivity index (χ3n) is 2.27. The third-order valence-corrected chi connectivity index (χ3v) is 2.69. The van der Waals surface area contributed by atoms with Crippen LogP contribution in [0.15, 0.2) is 10.6 Å².